The lowest BCUT2D eigenvalue weighted by Gasteiger charge is -2.24. The Morgan fingerprint density at radius 1 is 1.17 bits per heavy atom. The molecular formula is C18H24N6. The van der Waals surface area contributed by atoms with E-state index in [0.29, 0.717) is 6.04 Å². The van der Waals surface area contributed by atoms with E-state index in [1.54, 1.807) is 0 Å². The topological polar surface area (TPSA) is 51.8 Å². The summed E-state index contributed by atoms with van der Waals surface area (Å²) in [6.45, 7) is 6.92. The zero-order valence-electron chi connectivity index (χ0n) is 14.6. The van der Waals surface area contributed by atoms with E-state index in [0.717, 1.165) is 42.6 Å². The normalized spacial score (nSPS) is 18.7. The average Bonchev–Trinajstić information content (AvgIpc) is 3.21. The van der Waals surface area contributed by atoms with Gasteiger partial charge in [-0.2, -0.15) is 5.10 Å². The number of aryl methyl sites for hydroxylation is 3. The van der Waals surface area contributed by atoms with Gasteiger partial charge in [-0.1, -0.05) is 12.1 Å². The van der Waals surface area contributed by atoms with Gasteiger partial charge in [0.1, 0.15) is 17.5 Å². The van der Waals surface area contributed by atoms with E-state index in [1.807, 2.05) is 24.6 Å². The van der Waals surface area contributed by atoms with Crippen molar-refractivity contribution < 1.29 is 0 Å². The summed E-state index contributed by atoms with van der Waals surface area (Å²) in [7, 11) is 2.11. The molecule has 1 atom stereocenters. The van der Waals surface area contributed by atoms with Crippen molar-refractivity contribution in [1.82, 2.24) is 29.2 Å². The fraction of sp³-hybridized carbons (Fsp3) is 0.500. The number of benzene rings is 1. The maximum absolute atomic E-state index is 4.83. The van der Waals surface area contributed by atoms with Crippen LogP contribution in [-0.4, -0.2) is 41.8 Å². The highest BCUT2D eigenvalue weighted by molar-refractivity contribution is 5.75. The molecular weight excluding hydrogens is 300 g/mol. The lowest BCUT2D eigenvalue weighted by molar-refractivity contribution is 0.211. The molecule has 0 N–H and O–H groups in total. The number of rotatable bonds is 4. The predicted molar refractivity (Wildman–Crippen MR) is 93.6 cm³/mol. The molecule has 0 bridgehead atoms. The first-order valence-corrected chi connectivity index (χ1v) is 8.64. The van der Waals surface area contributed by atoms with Gasteiger partial charge in [0.2, 0.25) is 0 Å². The van der Waals surface area contributed by atoms with Gasteiger partial charge in [-0.05, 0) is 45.4 Å². The number of para-hydroxylation sites is 2. The number of aromatic nitrogens is 5. The van der Waals surface area contributed by atoms with Crippen LogP contribution in [0.4, 0.5) is 0 Å². The van der Waals surface area contributed by atoms with Crippen molar-refractivity contribution >= 4 is 11.0 Å². The lowest BCUT2D eigenvalue weighted by Crippen LogP contribution is -2.34. The molecule has 3 aromatic rings. The van der Waals surface area contributed by atoms with Crippen LogP contribution in [-0.2, 0) is 20.1 Å². The van der Waals surface area contributed by atoms with Crippen LogP contribution in [0.2, 0.25) is 0 Å². The zero-order chi connectivity index (χ0) is 16.7. The first-order valence-electron chi connectivity index (χ1n) is 8.64. The van der Waals surface area contributed by atoms with Crippen molar-refractivity contribution in [3.05, 3.63) is 41.7 Å². The molecule has 0 radical (unpaired) electrons. The molecule has 126 valence electrons. The second-order valence-electron chi connectivity index (χ2n) is 6.73. The Bertz CT molecular complexity index is 862. The number of likely N-dealkylation sites (tertiary alicyclic amines) is 1. The minimum absolute atomic E-state index is 0.504. The van der Waals surface area contributed by atoms with Crippen LogP contribution in [0, 0.1) is 13.8 Å². The Labute approximate surface area is 142 Å². The van der Waals surface area contributed by atoms with Crippen molar-refractivity contribution in [3.8, 4) is 0 Å². The molecule has 0 saturated carbocycles. The third-order valence-corrected chi connectivity index (χ3v) is 5.07. The number of hydrogen-bond acceptors (Lipinski definition) is 4. The van der Waals surface area contributed by atoms with Crippen LogP contribution >= 0.6 is 0 Å². The standard InChI is InChI=1S/C18H24N6/c1-13-19-14(2)24(21-13)11-15-7-6-10-23(15)12-18-20-16-8-4-5-9-17(16)22(18)3/h4-5,8-9,15H,6-7,10-12H2,1-3H3/t15-/m0/s1. The van der Waals surface area contributed by atoms with Gasteiger partial charge in [0, 0.05) is 13.1 Å². The Hall–Kier alpha value is -2.21. The molecule has 1 fully saturated rings. The van der Waals surface area contributed by atoms with E-state index in [1.165, 1.54) is 18.4 Å². The van der Waals surface area contributed by atoms with Crippen LogP contribution in [0.1, 0.15) is 30.3 Å². The van der Waals surface area contributed by atoms with E-state index in [2.05, 4.69) is 44.8 Å². The molecule has 0 spiro atoms. The van der Waals surface area contributed by atoms with Gasteiger partial charge >= 0.3 is 0 Å². The molecule has 0 unspecified atom stereocenters. The van der Waals surface area contributed by atoms with Crippen LogP contribution in [0.5, 0.6) is 0 Å². The maximum Gasteiger partial charge on any atom is 0.147 e. The third kappa shape index (κ3) is 2.71. The monoisotopic (exact) mass is 324 g/mol. The van der Waals surface area contributed by atoms with Crippen molar-refractivity contribution in [2.45, 2.75) is 45.8 Å². The summed E-state index contributed by atoms with van der Waals surface area (Å²) in [4.78, 5) is 11.8. The molecule has 1 saturated heterocycles. The number of imidazole rings is 1. The minimum Gasteiger partial charge on any atom is -0.330 e. The highest BCUT2D eigenvalue weighted by Gasteiger charge is 2.27. The van der Waals surface area contributed by atoms with Gasteiger partial charge < -0.3 is 4.57 Å². The van der Waals surface area contributed by atoms with E-state index < -0.39 is 0 Å². The van der Waals surface area contributed by atoms with Crippen molar-refractivity contribution in [1.29, 1.82) is 0 Å². The minimum atomic E-state index is 0.504. The van der Waals surface area contributed by atoms with Crippen LogP contribution < -0.4 is 0 Å². The Morgan fingerprint density at radius 2 is 2.00 bits per heavy atom. The molecule has 6 nitrogen and oxygen atoms in total. The van der Waals surface area contributed by atoms with Crippen molar-refractivity contribution in [2.75, 3.05) is 6.54 Å². The first-order chi connectivity index (χ1) is 11.6. The van der Waals surface area contributed by atoms with Crippen LogP contribution in [0.25, 0.3) is 11.0 Å². The highest BCUT2D eigenvalue weighted by atomic mass is 15.4. The third-order valence-electron chi connectivity index (χ3n) is 5.07. The quantitative estimate of drug-likeness (QED) is 0.740. The second kappa shape index (κ2) is 6.02. The smallest absolute Gasteiger partial charge is 0.147 e. The fourth-order valence-corrected chi connectivity index (χ4v) is 3.76. The Balaban J connectivity index is 1.54. The van der Waals surface area contributed by atoms with Crippen molar-refractivity contribution in [2.24, 2.45) is 7.05 Å². The molecule has 3 heterocycles. The van der Waals surface area contributed by atoms with Gasteiger partial charge in [-0.15, -0.1) is 0 Å². The number of fused-ring (bicyclic) bond motifs is 1. The zero-order valence-corrected chi connectivity index (χ0v) is 14.6. The molecule has 6 heteroatoms. The van der Waals surface area contributed by atoms with E-state index in [9.17, 15) is 0 Å². The van der Waals surface area contributed by atoms with E-state index >= 15 is 0 Å². The summed E-state index contributed by atoms with van der Waals surface area (Å²) in [6, 6.07) is 8.84. The van der Waals surface area contributed by atoms with Crippen LogP contribution in [0.15, 0.2) is 24.3 Å². The SMILES string of the molecule is Cc1nc(C)n(C[C@@H]2CCCN2Cc2nc3ccccc3n2C)n1. The van der Waals surface area contributed by atoms with E-state index in [-0.39, 0.29) is 0 Å². The molecule has 0 aliphatic carbocycles. The van der Waals surface area contributed by atoms with Gasteiger partial charge in [-0.25, -0.2) is 14.6 Å². The number of nitrogens with zero attached hydrogens (tertiary/aromatic N) is 6. The second-order valence-corrected chi connectivity index (χ2v) is 6.73. The average molecular weight is 324 g/mol. The van der Waals surface area contributed by atoms with Gasteiger partial charge in [-0.3, -0.25) is 4.90 Å². The molecule has 1 aliphatic rings. The summed E-state index contributed by atoms with van der Waals surface area (Å²) in [6.07, 6.45) is 2.45. The summed E-state index contributed by atoms with van der Waals surface area (Å²) >= 11 is 0. The summed E-state index contributed by atoms with van der Waals surface area (Å²) in [5.74, 6) is 2.99. The molecule has 24 heavy (non-hydrogen) atoms. The van der Waals surface area contributed by atoms with Gasteiger partial charge in [0.05, 0.1) is 24.1 Å². The fourth-order valence-electron chi connectivity index (χ4n) is 3.76. The Morgan fingerprint density at radius 3 is 2.75 bits per heavy atom. The van der Waals surface area contributed by atoms with Crippen molar-refractivity contribution in [3.63, 3.8) is 0 Å². The molecule has 4 rings (SSSR count). The lowest BCUT2D eigenvalue weighted by atomic mass is 10.2. The molecule has 2 aromatic heterocycles. The summed E-state index contributed by atoms with van der Waals surface area (Å²) in [5.41, 5.74) is 2.28. The van der Waals surface area contributed by atoms with Crippen LogP contribution in [0.3, 0.4) is 0 Å². The Kier molecular flexibility index (Phi) is 3.84. The molecule has 0 amide bonds. The first kappa shape index (κ1) is 15.3. The highest BCUT2D eigenvalue weighted by Crippen LogP contribution is 2.23. The largest absolute Gasteiger partial charge is 0.330 e. The van der Waals surface area contributed by atoms with Gasteiger partial charge in [0.25, 0.3) is 0 Å². The predicted octanol–water partition coefficient (Wildman–Crippen LogP) is 2.45. The van der Waals surface area contributed by atoms with Gasteiger partial charge in [0.15, 0.2) is 0 Å². The molecule has 1 aliphatic heterocycles. The number of hydrogen-bond donors (Lipinski definition) is 0. The maximum atomic E-state index is 4.83. The van der Waals surface area contributed by atoms with E-state index in [4.69, 9.17) is 4.98 Å². The molecule has 1 aromatic carbocycles. The summed E-state index contributed by atoms with van der Waals surface area (Å²) in [5, 5.41) is 4.53. The summed E-state index contributed by atoms with van der Waals surface area (Å²) < 4.78 is 4.27.